The van der Waals surface area contributed by atoms with E-state index in [0.717, 1.165) is 30.6 Å². The molecule has 0 radical (unpaired) electrons. The number of likely N-dealkylation sites (tertiary alicyclic amines) is 1. The lowest BCUT2D eigenvalue weighted by Gasteiger charge is -2.31. The fourth-order valence-corrected chi connectivity index (χ4v) is 4.05. The van der Waals surface area contributed by atoms with Gasteiger partial charge in [-0.2, -0.15) is 0 Å². The number of amides is 1. The van der Waals surface area contributed by atoms with E-state index in [1.165, 1.54) is 25.3 Å². The van der Waals surface area contributed by atoms with Gasteiger partial charge in [-0.1, -0.05) is 25.8 Å². The smallest absolute Gasteiger partial charge is 0.245 e. The van der Waals surface area contributed by atoms with Crippen LogP contribution in [0, 0.1) is 5.92 Å². The maximum Gasteiger partial charge on any atom is 0.245 e. The number of H-pyrrole nitrogens is 1. The van der Waals surface area contributed by atoms with E-state index >= 15 is 0 Å². The SMILES string of the molecule is C=CC(=O)N1CCC(Oc2cnc3[nH]cc(C(=O)CCC4CCC4)c3c2)CC1. The van der Waals surface area contributed by atoms with Gasteiger partial charge in [0.1, 0.15) is 17.5 Å². The number of fused-ring (bicyclic) bond motifs is 1. The van der Waals surface area contributed by atoms with Gasteiger partial charge in [0.2, 0.25) is 5.91 Å². The average molecular weight is 381 g/mol. The van der Waals surface area contributed by atoms with Crippen LogP contribution in [-0.4, -0.2) is 45.8 Å². The fraction of sp³-hybridized carbons (Fsp3) is 0.500. The Labute approximate surface area is 165 Å². The Hall–Kier alpha value is -2.63. The summed E-state index contributed by atoms with van der Waals surface area (Å²) in [6.07, 6.45) is 11.8. The molecule has 0 unspecified atom stereocenters. The predicted molar refractivity (Wildman–Crippen MR) is 107 cm³/mol. The second-order valence-corrected chi connectivity index (χ2v) is 7.87. The van der Waals surface area contributed by atoms with Crippen LogP contribution in [0.25, 0.3) is 11.0 Å². The van der Waals surface area contributed by atoms with Crippen LogP contribution in [0.1, 0.15) is 55.3 Å². The zero-order chi connectivity index (χ0) is 19.5. The monoisotopic (exact) mass is 381 g/mol. The Kier molecular flexibility index (Phi) is 5.46. The molecule has 0 bridgehead atoms. The number of carbonyl (C=O) groups excluding carboxylic acids is 2. The van der Waals surface area contributed by atoms with E-state index in [9.17, 15) is 9.59 Å². The molecule has 3 heterocycles. The Morgan fingerprint density at radius 3 is 2.75 bits per heavy atom. The quantitative estimate of drug-likeness (QED) is 0.583. The minimum atomic E-state index is -0.0288. The molecule has 1 aliphatic heterocycles. The first-order valence-electron chi connectivity index (χ1n) is 10.2. The van der Waals surface area contributed by atoms with Gasteiger partial charge < -0.3 is 14.6 Å². The Morgan fingerprint density at radius 1 is 1.29 bits per heavy atom. The number of rotatable bonds is 7. The number of nitrogens with zero attached hydrogens (tertiary/aromatic N) is 2. The maximum absolute atomic E-state index is 12.7. The Morgan fingerprint density at radius 2 is 2.07 bits per heavy atom. The minimum absolute atomic E-state index is 0.0288. The lowest BCUT2D eigenvalue weighted by molar-refractivity contribution is -0.127. The predicted octanol–water partition coefficient (Wildman–Crippen LogP) is 3.88. The number of nitrogens with one attached hydrogen (secondary N) is 1. The number of carbonyl (C=O) groups is 2. The summed E-state index contributed by atoms with van der Waals surface area (Å²) in [6, 6.07) is 1.91. The lowest BCUT2D eigenvalue weighted by Crippen LogP contribution is -2.41. The number of aromatic amines is 1. The molecule has 6 heteroatoms. The van der Waals surface area contributed by atoms with Gasteiger partial charge in [0.15, 0.2) is 5.78 Å². The van der Waals surface area contributed by atoms with E-state index in [0.29, 0.717) is 36.5 Å². The minimum Gasteiger partial charge on any atom is -0.489 e. The van der Waals surface area contributed by atoms with Crippen molar-refractivity contribution >= 4 is 22.7 Å². The van der Waals surface area contributed by atoms with E-state index in [4.69, 9.17) is 4.74 Å². The van der Waals surface area contributed by atoms with Crippen LogP contribution in [-0.2, 0) is 4.79 Å². The van der Waals surface area contributed by atoms with Crippen LogP contribution < -0.4 is 4.74 Å². The molecule has 0 atom stereocenters. The molecule has 0 spiro atoms. The van der Waals surface area contributed by atoms with Crippen molar-refractivity contribution in [1.29, 1.82) is 0 Å². The highest BCUT2D eigenvalue weighted by molar-refractivity contribution is 6.07. The molecule has 1 N–H and O–H groups in total. The lowest BCUT2D eigenvalue weighted by atomic mass is 9.81. The van der Waals surface area contributed by atoms with Crippen molar-refractivity contribution in [3.63, 3.8) is 0 Å². The average Bonchev–Trinajstić information content (AvgIpc) is 3.10. The van der Waals surface area contributed by atoms with Crippen LogP contribution in [0.2, 0.25) is 0 Å². The highest BCUT2D eigenvalue weighted by atomic mass is 16.5. The molecular weight excluding hydrogens is 354 g/mol. The molecule has 2 aromatic heterocycles. The van der Waals surface area contributed by atoms with Crippen LogP contribution in [0.15, 0.2) is 31.1 Å². The standard InChI is InChI=1S/C22H27N3O3/c1-2-21(27)25-10-8-16(9-11-25)28-17-12-18-19(14-24-22(18)23-13-17)20(26)7-6-15-4-3-5-15/h2,12-16H,1,3-11H2,(H,23,24). The highest BCUT2D eigenvalue weighted by Crippen LogP contribution is 2.32. The first-order chi connectivity index (χ1) is 13.6. The zero-order valence-electron chi connectivity index (χ0n) is 16.2. The highest BCUT2D eigenvalue weighted by Gasteiger charge is 2.23. The summed E-state index contributed by atoms with van der Waals surface area (Å²) in [6.45, 7) is 4.87. The number of aromatic nitrogens is 2. The summed E-state index contributed by atoms with van der Waals surface area (Å²) >= 11 is 0. The van der Waals surface area contributed by atoms with Gasteiger partial charge in [-0.05, 0) is 24.5 Å². The third-order valence-electron chi connectivity index (χ3n) is 6.04. The van der Waals surface area contributed by atoms with Gasteiger partial charge in [0.05, 0.1) is 6.20 Å². The van der Waals surface area contributed by atoms with Crippen molar-refractivity contribution in [2.45, 2.75) is 51.0 Å². The van der Waals surface area contributed by atoms with E-state index in [-0.39, 0.29) is 17.8 Å². The summed E-state index contributed by atoms with van der Waals surface area (Å²) in [4.78, 5) is 33.7. The van der Waals surface area contributed by atoms with E-state index in [1.807, 2.05) is 6.07 Å². The molecule has 1 amide bonds. The molecule has 2 fully saturated rings. The summed E-state index contributed by atoms with van der Waals surface area (Å²) in [5.41, 5.74) is 1.42. The van der Waals surface area contributed by atoms with Gasteiger partial charge in [0, 0.05) is 49.5 Å². The number of Topliss-reactive ketones (excluding diaryl/α,β-unsaturated/α-hetero) is 1. The molecule has 2 aromatic rings. The molecule has 2 aliphatic rings. The third-order valence-corrected chi connectivity index (χ3v) is 6.04. The van der Waals surface area contributed by atoms with Gasteiger partial charge in [-0.25, -0.2) is 4.98 Å². The molecule has 28 heavy (non-hydrogen) atoms. The third kappa shape index (κ3) is 3.96. The Bertz CT molecular complexity index is 876. The van der Waals surface area contributed by atoms with Gasteiger partial charge in [-0.3, -0.25) is 9.59 Å². The molecule has 6 nitrogen and oxygen atoms in total. The van der Waals surface area contributed by atoms with E-state index in [1.54, 1.807) is 17.3 Å². The van der Waals surface area contributed by atoms with E-state index < -0.39 is 0 Å². The number of hydrogen-bond donors (Lipinski definition) is 1. The van der Waals surface area contributed by atoms with Crippen LogP contribution in [0.5, 0.6) is 5.75 Å². The van der Waals surface area contributed by atoms with Crippen molar-refractivity contribution in [3.8, 4) is 5.75 Å². The van der Waals surface area contributed by atoms with Crippen molar-refractivity contribution in [2.75, 3.05) is 13.1 Å². The summed E-state index contributed by atoms with van der Waals surface area (Å²) in [5.74, 6) is 1.55. The van der Waals surface area contributed by atoms with Gasteiger partial charge >= 0.3 is 0 Å². The van der Waals surface area contributed by atoms with Crippen LogP contribution >= 0.6 is 0 Å². The topological polar surface area (TPSA) is 75.3 Å². The number of ether oxygens (including phenoxy) is 1. The fourth-order valence-electron chi connectivity index (χ4n) is 4.05. The number of piperidine rings is 1. The maximum atomic E-state index is 12.7. The van der Waals surface area contributed by atoms with Crippen molar-refractivity contribution < 1.29 is 14.3 Å². The molecule has 4 rings (SSSR count). The molecule has 148 valence electrons. The van der Waals surface area contributed by atoms with Gasteiger partial charge in [0.25, 0.3) is 0 Å². The van der Waals surface area contributed by atoms with Crippen molar-refractivity contribution in [1.82, 2.24) is 14.9 Å². The number of hydrogen-bond acceptors (Lipinski definition) is 4. The molecule has 1 saturated carbocycles. The summed E-state index contributed by atoms with van der Waals surface area (Å²) < 4.78 is 6.10. The molecule has 1 saturated heterocycles. The molecule has 0 aromatic carbocycles. The summed E-state index contributed by atoms with van der Waals surface area (Å²) in [5, 5.41) is 0.829. The molecular formula is C22H27N3O3. The van der Waals surface area contributed by atoms with Gasteiger partial charge in [-0.15, -0.1) is 0 Å². The molecule has 1 aliphatic carbocycles. The van der Waals surface area contributed by atoms with Crippen molar-refractivity contribution in [3.05, 3.63) is 36.7 Å². The normalized spacial score (nSPS) is 18.1. The van der Waals surface area contributed by atoms with Crippen molar-refractivity contribution in [2.24, 2.45) is 5.92 Å². The second kappa shape index (κ2) is 8.17. The first kappa shape index (κ1) is 18.7. The summed E-state index contributed by atoms with van der Waals surface area (Å²) in [7, 11) is 0. The number of ketones is 1. The number of pyridine rings is 1. The Balaban J connectivity index is 1.40. The largest absolute Gasteiger partial charge is 0.489 e. The van der Waals surface area contributed by atoms with E-state index in [2.05, 4.69) is 16.5 Å². The first-order valence-corrected chi connectivity index (χ1v) is 10.2. The second-order valence-electron chi connectivity index (χ2n) is 7.87. The zero-order valence-corrected chi connectivity index (χ0v) is 16.2. The van der Waals surface area contributed by atoms with Crippen LogP contribution in [0.4, 0.5) is 0 Å². The van der Waals surface area contributed by atoms with Crippen LogP contribution in [0.3, 0.4) is 0 Å².